The molecule has 0 spiro atoms. The highest BCUT2D eigenvalue weighted by molar-refractivity contribution is 9.10. The van der Waals surface area contributed by atoms with Crippen molar-refractivity contribution in [2.24, 2.45) is 14.1 Å². The predicted octanol–water partition coefficient (Wildman–Crippen LogP) is 9.42. The molecule has 17 nitrogen and oxygen atoms in total. The number of hydrogen-bond donors (Lipinski definition) is 2. The predicted molar refractivity (Wildman–Crippen MR) is 284 cm³/mol. The Morgan fingerprint density at radius 3 is 1.70 bits per heavy atom. The third-order valence-corrected chi connectivity index (χ3v) is 15.5. The van der Waals surface area contributed by atoms with Crippen molar-refractivity contribution in [3.63, 3.8) is 0 Å². The number of halogens is 1. The van der Waals surface area contributed by atoms with Gasteiger partial charge in [0.25, 0.3) is 11.8 Å². The molecule has 0 saturated carbocycles. The molecule has 0 radical (unpaired) electrons. The van der Waals surface area contributed by atoms with E-state index in [1.807, 2.05) is 92.7 Å². The zero-order valence-electron chi connectivity index (χ0n) is 43.6. The van der Waals surface area contributed by atoms with Gasteiger partial charge in [0.2, 0.25) is 0 Å². The second kappa shape index (κ2) is 22.1. The summed E-state index contributed by atoms with van der Waals surface area (Å²) in [6.07, 6.45) is 18.0. The Balaban J connectivity index is 0.000000194. The van der Waals surface area contributed by atoms with Gasteiger partial charge >= 0.3 is 0 Å². The third kappa shape index (κ3) is 14.9. The topological polar surface area (TPSA) is 177 Å². The van der Waals surface area contributed by atoms with Gasteiger partial charge in [-0.2, -0.15) is 10.2 Å². The van der Waals surface area contributed by atoms with E-state index in [2.05, 4.69) is 90.9 Å². The summed E-state index contributed by atoms with van der Waals surface area (Å²) < 4.78 is 20.0. The fraction of sp³-hybridized carbons (Fsp3) is 0.592. The summed E-state index contributed by atoms with van der Waals surface area (Å²) in [4.78, 5) is 46.5. The standard InChI is InChI=1S/C24H37N7O2Si.C17H27BrN4O2Si.C8H12N2/c1-24(2,3)28-23(32)17-15-30(16-33-11-12-34(5,6)7)22-21(17)27-20(14-25-22)31-10-8-9-18-19(31)13-26-29(18)4;1-17(2,3)21-16(23)12-10-22(11-24-7-8-25(4,5)6)15-14(12)20-13(18)9-19-15;1-10-8-5-3-2-4-7(8)6-9-10/h13-15H,8-12,16H2,1-7H3,(H,28,32);9-10H,7-8,11H2,1-6H3,(H,21,23);6H,2-5H2,1H3. The molecule has 6 aromatic heterocycles. The first kappa shape index (κ1) is 53.6. The number of carbonyl (C=O) groups is 2. The van der Waals surface area contributed by atoms with E-state index in [9.17, 15) is 9.59 Å². The SMILES string of the molecule is CC(C)(C)NC(=O)c1cn(COCC[Si](C)(C)C)c2ncc(Br)nc12.Cn1ncc2c1CCCC2.Cn1ncc2c1CCCN2c1cnc2c(n1)c(C(=O)NC(C)(C)C)cn2COCC[Si](C)(C)C. The van der Waals surface area contributed by atoms with E-state index >= 15 is 0 Å². The average Bonchev–Trinajstić information content (AvgIpc) is 4.03. The van der Waals surface area contributed by atoms with Crippen molar-refractivity contribution in [3.8, 4) is 0 Å². The Bertz CT molecular complexity index is 2720. The molecule has 0 fully saturated rings. The van der Waals surface area contributed by atoms with Gasteiger partial charge in [-0.25, -0.2) is 19.9 Å². The lowest BCUT2D eigenvalue weighted by Crippen LogP contribution is -2.40. The number of hydrogen-bond acceptors (Lipinski definition) is 11. The summed E-state index contributed by atoms with van der Waals surface area (Å²) in [5.74, 6) is 0.403. The number of carbonyl (C=O) groups excluding carboxylic acids is 2. The molecule has 7 heterocycles. The van der Waals surface area contributed by atoms with Crippen LogP contribution in [0.5, 0.6) is 0 Å². The van der Waals surface area contributed by atoms with E-state index < -0.39 is 16.1 Å². The summed E-state index contributed by atoms with van der Waals surface area (Å²) in [6.45, 7) is 28.7. The lowest BCUT2D eigenvalue weighted by atomic mass is 9.98. The molecule has 0 atom stereocenters. The number of aromatic nitrogens is 10. The number of rotatable bonds is 13. The maximum absolute atomic E-state index is 13.2. The molecule has 69 heavy (non-hydrogen) atoms. The zero-order chi connectivity index (χ0) is 50.5. The first-order chi connectivity index (χ1) is 32.3. The van der Waals surface area contributed by atoms with E-state index in [1.54, 1.807) is 18.6 Å². The van der Waals surface area contributed by atoms with Crippen molar-refractivity contribution >= 4 is 77.7 Å². The molecule has 0 bridgehead atoms. The molecule has 0 aromatic carbocycles. The van der Waals surface area contributed by atoms with Gasteiger partial charge < -0.3 is 34.1 Å². The minimum atomic E-state index is -1.18. The number of nitrogens with zero attached hydrogens (tertiary/aromatic N) is 11. The van der Waals surface area contributed by atoms with E-state index in [0.717, 1.165) is 43.0 Å². The molecule has 2 aliphatic rings. The normalized spacial score (nSPS) is 14.2. The van der Waals surface area contributed by atoms with Crippen LogP contribution in [-0.4, -0.2) is 107 Å². The van der Waals surface area contributed by atoms with Crippen LogP contribution < -0.4 is 15.5 Å². The Hall–Kier alpha value is -4.77. The summed E-state index contributed by atoms with van der Waals surface area (Å²) in [6, 6.07) is 2.18. The molecule has 1 aliphatic carbocycles. The van der Waals surface area contributed by atoms with Gasteiger partial charge in [0.15, 0.2) is 17.1 Å². The van der Waals surface area contributed by atoms with Crippen LogP contribution in [-0.2, 0) is 56.3 Å². The molecule has 0 unspecified atom stereocenters. The lowest BCUT2D eigenvalue weighted by Gasteiger charge is -2.27. The fourth-order valence-corrected chi connectivity index (χ4v) is 9.80. The number of amides is 2. The Labute approximate surface area is 418 Å². The van der Waals surface area contributed by atoms with Crippen molar-refractivity contribution in [2.75, 3.05) is 24.7 Å². The van der Waals surface area contributed by atoms with Crippen LogP contribution in [0.1, 0.15) is 98.5 Å². The zero-order valence-corrected chi connectivity index (χ0v) is 47.2. The quantitative estimate of drug-likeness (QED) is 0.0832. The fourth-order valence-electron chi connectivity index (χ4n) is 8.01. The smallest absolute Gasteiger partial charge is 0.255 e. The molecular weight excluding hydrogens is 971 g/mol. The highest BCUT2D eigenvalue weighted by Gasteiger charge is 2.27. The van der Waals surface area contributed by atoms with E-state index in [0.29, 0.717) is 64.7 Å². The molecule has 6 aromatic rings. The van der Waals surface area contributed by atoms with Crippen LogP contribution in [0.15, 0.2) is 41.8 Å². The Kier molecular flexibility index (Phi) is 17.2. The number of nitrogens with one attached hydrogen (secondary N) is 2. The van der Waals surface area contributed by atoms with Crippen LogP contribution in [0, 0.1) is 0 Å². The van der Waals surface area contributed by atoms with E-state index in [-0.39, 0.29) is 22.9 Å². The van der Waals surface area contributed by atoms with Crippen LogP contribution in [0.2, 0.25) is 51.4 Å². The first-order valence-corrected chi connectivity index (χ1v) is 32.4. The van der Waals surface area contributed by atoms with Crippen LogP contribution in [0.3, 0.4) is 0 Å². The Morgan fingerprint density at radius 1 is 0.667 bits per heavy atom. The van der Waals surface area contributed by atoms with Gasteiger partial charge in [-0.3, -0.25) is 19.0 Å². The van der Waals surface area contributed by atoms with Crippen molar-refractivity contribution in [3.05, 3.63) is 69.9 Å². The number of ether oxygens (including phenoxy) is 2. The highest BCUT2D eigenvalue weighted by Crippen LogP contribution is 2.33. The van der Waals surface area contributed by atoms with Gasteiger partial charge in [-0.15, -0.1) is 0 Å². The van der Waals surface area contributed by atoms with E-state index in [1.165, 1.54) is 42.6 Å². The van der Waals surface area contributed by atoms with Crippen LogP contribution in [0.25, 0.3) is 22.3 Å². The van der Waals surface area contributed by atoms with Gasteiger partial charge in [0.1, 0.15) is 29.1 Å². The molecular formula is C49H76BrN13O4Si2. The third-order valence-electron chi connectivity index (χ3n) is 11.7. The summed E-state index contributed by atoms with van der Waals surface area (Å²) in [5.41, 5.74) is 7.96. The molecule has 20 heteroatoms. The van der Waals surface area contributed by atoms with Gasteiger partial charge in [0, 0.05) is 79.2 Å². The highest BCUT2D eigenvalue weighted by atomic mass is 79.9. The molecule has 0 saturated heterocycles. The van der Waals surface area contributed by atoms with Gasteiger partial charge in [-0.05, 0) is 114 Å². The average molecular weight is 1050 g/mol. The number of fused-ring (bicyclic) bond motifs is 4. The number of aryl methyl sites for hydroxylation is 3. The van der Waals surface area contributed by atoms with Crippen molar-refractivity contribution in [1.29, 1.82) is 0 Å². The molecule has 2 N–H and O–H groups in total. The minimum Gasteiger partial charge on any atom is -0.361 e. The maximum Gasteiger partial charge on any atom is 0.255 e. The van der Waals surface area contributed by atoms with Crippen molar-refractivity contribution in [2.45, 2.75) is 156 Å². The summed E-state index contributed by atoms with van der Waals surface area (Å²) >= 11 is 3.33. The van der Waals surface area contributed by atoms with Gasteiger partial charge in [0.05, 0.1) is 47.3 Å². The van der Waals surface area contributed by atoms with Crippen molar-refractivity contribution < 1.29 is 19.1 Å². The summed E-state index contributed by atoms with van der Waals surface area (Å²) in [7, 11) is 1.69. The largest absolute Gasteiger partial charge is 0.361 e. The molecule has 2 amide bonds. The lowest BCUT2D eigenvalue weighted by molar-refractivity contribution is 0.0879. The number of anilines is 2. The Morgan fingerprint density at radius 2 is 1.16 bits per heavy atom. The molecule has 8 rings (SSSR count). The van der Waals surface area contributed by atoms with Crippen molar-refractivity contribution in [1.82, 2.24) is 59.3 Å². The van der Waals surface area contributed by atoms with Gasteiger partial charge in [-0.1, -0.05) is 39.3 Å². The van der Waals surface area contributed by atoms with Crippen LogP contribution >= 0.6 is 15.9 Å². The van der Waals surface area contributed by atoms with Crippen LogP contribution in [0.4, 0.5) is 11.5 Å². The van der Waals surface area contributed by atoms with E-state index in [4.69, 9.17) is 19.4 Å². The molecule has 1 aliphatic heterocycles. The second-order valence-electron chi connectivity index (χ2n) is 22.7. The first-order valence-electron chi connectivity index (χ1n) is 24.2. The minimum absolute atomic E-state index is 0.161. The maximum atomic E-state index is 13.2. The summed E-state index contributed by atoms with van der Waals surface area (Å²) in [5, 5.41) is 14.7. The second-order valence-corrected chi connectivity index (χ2v) is 34.8. The monoisotopic (exact) mass is 1050 g/mol. The molecule has 376 valence electrons.